The number of carbonyl (C=O) groups excluding carboxylic acids is 2. The molecule has 1 aliphatic carbocycles. The quantitative estimate of drug-likeness (QED) is 0.780. The van der Waals surface area contributed by atoms with E-state index in [2.05, 4.69) is 5.32 Å². The van der Waals surface area contributed by atoms with Crippen LogP contribution in [0.3, 0.4) is 0 Å². The highest BCUT2D eigenvalue weighted by Crippen LogP contribution is 2.31. The average molecular weight is 403 g/mol. The van der Waals surface area contributed by atoms with Crippen molar-refractivity contribution in [2.24, 2.45) is 5.41 Å². The van der Waals surface area contributed by atoms with E-state index in [0.717, 1.165) is 12.8 Å². The van der Waals surface area contributed by atoms with Crippen molar-refractivity contribution < 1.29 is 22.7 Å². The molecule has 1 heterocycles. The first-order chi connectivity index (χ1) is 12.3. The van der Waals surface area contributed by atoms with Crippen LogP contribution in [0, 0.1) is 5.41 Å². The van der Waals surface area contributed by atoms with Gasteiger partial charge in [0.1, 0.15) is 11.4 Å². The summed E-state index contributed by atoms with van der Waals surface area (Å²) in [7, 11) is -3.38. The fourth-order valence-electron chi connectivity index (χ4n) is 3.92. The molecule has 27 heavy (non-hydrogen) atoms. The smallest absolute Gasteiger partial charge is 0.407 e. The zero-order chi connectivity index (χ0) is 20.5. The second-order valence-corrected chi connectivity index (χ2v) is 11.8. The third kappa shape index (κ3) is 6.09. The maximum absolute atomic E-state index is 12.6. The Bertz CT molecular complexity index is 660. The lowest BCUT2D eigenvalue weighted by molar-refractivity contribution is -0.132. The van der Waals surface area contributed by atoms with Gasteiger partial charge in [0.15, 0.2) is 9.84 Å². The molecule has 8 heteroatoms. The largest absolute Gasteiger partial charge is 0.444 e. The topological polar surface area (TPSA) is 92.8 Å². The van der Waals surface area contributed by atoms with Crippen molar-refractivity contribution in [1.29, 1.82) is 0 Å². The van der Waals surface area contributed by atoms with Crippen LogP contribution in [0.25, 0.3) is 0 Å². The van der Waals surface area contributed by atoms with E-state index in [1.165, 1.54) is 0 Å². The van der Waals surface area contributed by atoms with Crippen LogP contribution in [-0.4, -0.2) is 61.1 Å². The summed E-state index contributed by atoms with van der Waals surface area (Å²) in [5.74, 6) is -0.733. The minimum atomic E-state index is -3.38. The molecule has 2 amide bonds. The number of rotatable bonds is 4. The van der Waals surface area contributed by atoms with Crippen LogP contribution in [-0.2, 0) is 19.4 Å². The third-order valence-corrected chi connectivity index (χ3v) is 7.54. The zero-order valence-corrected chi connectivity index (χ0v) is 18.0. The van der Waals surface area contributed by atoms with Crippen molar-refractivity contribution in [3.8, 4) is 0 Å². The molecule has 0 aromatic carbocycles. The molecule has 0 aromatic heterocycles. The Morgan fingerprint density at radius 1 is 1.15 bits per heavy atom. The number of amides is 2. The van der Waals surface area contributed by atoms with E-state index in [4.69, 9.17) is 4.74 Å². The molecular weight excluding hydrogens is 368 g/mol. The highest BCUT2D eigenvalue weighted by atomic mass is 32.2. The molecule has 1 saturated carbocycles. The van der Waals surface area contributed by atoms with Gasteiger partial charge < -0.3 is 15.0 Å². The first-order valence-electron chi connectivity index (χ1n) is 9.79. The summed E-state index contributed by atoms with van der Waals surface area (Å²) < 4.78 is 30.3. The van der Waals surface area contributed by atoms with Crippen LogP contribution in [0.1, 0.15) is 66.7 Å². The van der Waals surface area contributed by atoms with Crippen LogP contribution >= 0.6 is 0 Å². The summed E-state index contributed by atoms with van der Waals surface area (Å²) in [6.07, 6.45) is 3.29. The fraction of sp³-hybridized carbons (Fsp3) is 0.895. The summed E-state index contributed by atoms with van der Waals surface area (Å²) in [4.78, 5) is 26.3. The van der Waals surface area contributed by atoms with Crippen LogP contribution in [0.4, 0.5) is 4.79 Å². The average Bonchev–Trinajstić information content (AvgIpc) is 3.01. The molecule has 0 radical (unpaired) electrons. The molecule has 156 valence electrons. The molecule has 1 aliphatic heterocycles. The third-order valence-electron chi connectivity index (χ3n) is 5.41. The van der Waals surface area contributed by atoms with Crippen molar-refractivity contribution in [2.45, 2.75) is 83.6 Å². The summed E-state index contributed by atoms with van der Waals surface area (Å²) >= 11 is 0. The fourth-order valence-corrected chi connectivity index (χ4v) is 5.73. The van der Waals surface area contributed by atoms with Gasteiger partial charge in [-0.15, -0.1) is 0 Å². The van der Waals surface area contributed by atoms with Gasteiger partial charge in [-0.1, -0.05) is 26.7 Å². The molecule has 2 aliphatic rings. The van der Waals surface area contributed by atoms with Gasteiger partial charge in [0.2, 0.25) is 5.91 Å². The number of hydrogen-bond acceptors (Lipinski definition) is 5. The molecule has 2 rings (SSSR count). The molecule has 1 saturated heterocycles. The van der Waals surface area contributed by atoms with Gasteiger partial charge in [0, 0.05) is 24.5 Å². The van der Waals surface area contributed by atoms with E-state index >= 15 is 0 Å². The van der Waals surface area contributed by atoms with Gasteiger partial charge in [0.05, 0.1) is 5.25 Å². The SMILES string of the molecule is CC(C)(C)OC(=O)N[C@H]1CCN(C(=O)CS(=O)(=O)C2CCCC2)CC1(C)C. The minimum Gasteiger partial charge on any atom is -0.444 e. The number of nitrogens with one attached hydrogen (secondary N) is 1. The maximum Gasteiger partial charge on any atom is 0.407 e. The highest BCUT2D eigenvalue weighted by Gasteiger charge is 2.40. The zero-order valence-electron chi connectivity index (χ0n) is 17.2. The van der Waals surface area contributed by atoms with E-state index in [-0.39, 0.29) is 22.6 Å². The molecule has 2 fully saturated rings. The number of piperidine rings is 1. The van der Waals surface area contributed by atoms with E-state index in [1.807, 2.05) is 34.6 Å². The Morgan fingerprint density at radius 3 is 2.26 bits per heavy atom. The Balaban J connectivity index is 1.93. The Hall–Kier alpha value is -1.31. The van der Waals surface area contributed by atoms with Crippen LogP contribution < -0.4 is 5.32 Å². The van der Waals surface area contributed by atoms with Crippen LogP contribution in [0.2, 0.25) is 0 Å². The molecule has 7 nitrogen and oxygen atoms in total. The number of alkyl carbamates (subject to hydrolysis) is 1. The van der Waals surface area contributed by atoms with Crippen molar-refractivity contribution in [1.82, 2.24) is 10.2 Å². The second kappa shape index (κ2) is 7.97. The van der Waals surface area contributed by atoms with Gasteiger partial charge in [-0.3, -0.25) is 4.79 Å². The van der Waals surface area contributed by atoms with Crippen molar-refractivity contribution >= 4 is 21.8 Å². The Morgan fingerprint density at radius 2 is 1.74 bits per heavy atom. The van der Waals surface area contributed by atoms with Gasteiger partial charge >= 0.3 is 6.09 Å². The van der Waals surface area contributed by atoms with E-state index in [9.17, 15) is 18.0 Å². The van der Waals surface area contributed by atoms with Crippen molar-refractivity contribution in [2.75, 3.05) is 18.8 Å². The molecule has 0 spiro atoms. The second-order valence-electron chi connectivity index (χ2n) is 9.51. The molecule has 0 aromatic rings. The van der Waals surface area contributed by atoms with Gasteiger partial charge in [0.25, 0.3) is 0 Å². The number of nitrogens with zero attached hydrogens (tertiary/aromatic N) is 1. The Kier molecular flexibility index (Phi) is 6.49. The normalized spacial score (nSPS) is 23.9. The van der Waals surface area contributed by atoms with Gasteiger partial charge in [-0.2, -0.15) is 0 Å². The first kappa shape index (κ1) is 22.0. The van der Waals surface area contributed by atoms with E-state index in [1.54, 1.807) is 4.90 Å². The highest BCUT2D eigenvalue weighted by molar-refractivity contribution is 7.92. The monoisotopic (exact) mass is 402 g/mol. The Labute approximate surface area is 163 Å². The lowest BCUT2D eigenvalue weighted by Crippen LogP contribution is -2.58. The number of likely N-dealkylation sites (tertiary alicyclic amines) is 1. The standard InChI is InChI=1S/C19H34N2O5S/c1-18(2,3)26-17(23)20-15-10-11-21(13-19(15,4)5)16(22)12-27(24,25)14-8-6-7-9-14/h14-15H,6-13H2,1-5H3,(H,20,23)/t15-/m0/s1. The molecule has 1 atom stereocenters. The lowest BCUT2D eigenvalue weighted by atomic mass is 9.79. The molecular formula is C19H34N2O5S. The predicted octanol–water partition coefficient (Wildman–Crippen LogP) is 2.50. The summed E-state index contributed by atoms with van der Waals surface area (Å²) in [6, 6.07) is -0.136. The predicted molar refractivity (Wildman–Crippen MR) is 104 cm³/mol. The lowest BCUT2D eigenvalue weighted by Gasteiger charge is -2.44. The van der Waals surface area contributed by atoms with Crippen LogP contribution in [0.15, 0.2) is 0 Å². The van der Waals surface area contributed by atoms with E-state index in [0.29, 0.717) is 32.4 Å². The summed E-state index contributed by atoms with van der Waals surface area (Å²) in [5, 5.41) is 2.54. The van der Waals surface area contributed by atoms with Crippen molar-refractivity contribution in [3.63, 3.8) is 0 Å². The molecule has 0 unspecified atom stereocenters. The number of ether oxygens (including phenoxy) is 1. The maximum atomic E-state index is 12.6. The summed E-state index contributed by atoms with van der Waals surface area (Å²) in [6.45, 7) is 10.2. The summed E-state index contributed by atoms with van der Waals surface area (Å²) in [5.41, 5.74) is -0.943. The van der Waals surface area contributed by atoms with Crippen LogP contribution in [0.5, 0.6) is 0 Å². The number of hydrogen-bond donors (Lipinski definition) is 1. The van der Waals surface area contributed by atoms with Gasteiger partial charge in [-0.25, -0.2) is 13.2 Å². The minimum absolute atomic E-state index is 0.136. The van der Waals surface area contributed by atoms with Crippen molar-refractivity contribution in [3.05, 3.63) is 0 Å². The molecule has 0 bridgehead atoms. The first-order valence-corrected chi connectivity index (χ1v) is 11.5. The number of sulfone groups is 1. The molecule has 1 N–H and O–H groups in total. The van der Waals surface area contributed by atoms with Gasteiger partial charge in [-0.05, 0) is 40.0 Å². The van der Waals surface area contributed by atoms with E-state index < -0.39 is 27.3 Å². The number of carbonyl (C=O) groups is 2.